The van der Waals surface area contributed by atoms with Gasteiger partial charge in [0.1, 0.15) is 5.69 Å². The summed E-state index contributed by atoms with van der Waals surface area (Å²) in [4.78, 5) is 3.68. The number of rotatable bonds is 0. The molecule has 4 heteroatoms. The minimum Gasteiger partial charge on any atom is -0.243 e. The number of pyridine rings is 1. The van der Waals surface area contributed by atoms with Gasteiger partial charge in [0.05, 0.1) is 5.52 Å². The summed E-state index contributed by atoms with van der Waals surface area (Å²) in [5, 5.41) is 0.771. The van der Waals surface area contributed by atoms with Crippen LogP contribution in [0.2, 0.25) is 0 Å². The van der Waals surface area contributed by atoms with Crippen LogP contribution in [0.1, 0.15) is 16.8 Å². The first-order chi connectivity index (χ1) is 7.41. The Morgan fingerprint density at radius 2 is 1.62 bits per heavy atom. The van der Waals surface area contributed by atoms with Crippen LogP contribution in [0.15, 0.2) is 24.3 Å². The quantitative estimate of drug-likeness (QED) is 0.663. The molecule has 0 saturated heterocycles. The molecule has 0 spiro atoms. The van der Waals surface area contributed by atoms with E-state index >= 15 is 0 Å². The van der Waals surface area contributed by atoms with Gasteiger partial charge in [0.2, 0.25) is 0 Å². The average molecular weight is 225 g/mol. The Hall–Kier alpha value is -1.58. The van der Waals surface area contributed by atoms with Gasteiger partial charge in [-0.1, -0.05) is 18.2 Å². The number of alkyl halides is 3. The molecule has 0 amide bonds. The van der Waals surface area contributed by atoms with Crippen LogP contribution in [0.4, 0.5) is 13.2 Å². The monoisotopic (exact) mass is 225 g/mol. The predicted octanol–water partition coefficient (Wildman–Crippen LogP) is 3.87. The summed E-state index contributed by atoms with van der Waals surface area (Å²) in [6, 6.07) is 6.86. The Balaban J connectivity index is 2.84. The molecule has 16 heavy (non-hydrogen) atoms. The SMILES string of the molecule is Cc1c(C(F)(F)F)nc2ccccc2c1C. The molecule has 1 heterocycles. The number of aryl methyl sites for hydroxylation is 1. The number of benzene rings is 1. The zero-order chi connectivity index (χ0) is 11.9. The number of nitrogens with zero attached hydrogens (tertiary/aromatic N) is 1. The van der Waals surface area contributed by atoms with Gasteiger partial charge in [-0.05, 0) is 31.0 Å². The Morgan fingerprint density at radius 1 is 1.00 bits per heavy atom. The van der Waals surface area contributed by atoms with Gasteiger partial charge in [-0.3, -0.25) is 0 Å². The maximum absolute atomic E-state index is 12.7. The van der Waals surface area contributed by atoms with Crippen LogP contribution in [-0.2, 0) is 6.18 Å². The summed E-state index contributed by atoms with van der Waals surface area (Å²) in [6.07, 6.45) is -4.39. The van der Waals surface area contributed by atoms with E-state index in [2.05, 4.69) is 4.98 Å². The molecular weight excluding hydrogens is 215 g/mol. The number of hydrogen-bond acceptors (Lipinski definition) is 1. The highest BCUT2D eigenvalue weighted by Crippen LogP contribution is 2.33. The molecule has 84 valence electrons. The van der Waals surface area contributed by atoms with Gasteiger partial charge in [0.25, 0.3) is 0 Å². The lowest BCUT2D eigenvalue weighted by molar-refractivity contribution is -0.141. The van der Waals surface area contributed by atoms with Crippen molar-refractivity contribution in [1.82, 2.24) is 4.98 Å². The normalized spacial score (nSPS) is 12.1. The van der Waals surface area contributed by atoms with Crippen molar-refractivity contribution in [3.05, 3.63) is 41.1 Å². The van der Waals surface area contributed by atoms with E-state index in [4.69, 9.17) is 0 Å². The molecule has 1 aromatic carbocycles. The molecule has 0 unspecified atom stereocenters. The van der Waals surface area contributed by atoms with Crippen molar-refractivity contribution in [3.8, 4) is 0 Å². The smallest absolute Gasteiger partial charge is 0.243 e. The lowest BCUT2D eigenvalue weighted by Crippen LogP contribution is -2.11. The second-order valence-corrected chi connectivity index (χ2v) is 3.73. The molecule has 1 aromatic heterocycles. The van der Waals surface area contributed by atoms with Crippen molar-refractivity contribution in [3.63, 3.8) is 0 Å². The standard InChI is InChI=1S/C12H10F3N/c1-7-8(2)11(12(13,14)15)16-10-6-4-3-5-9(7)10/h3-6H,1-2H3. The van der Waals surface area contributed by atoms with Crippen molar-refractivity contribution in [2.24, 2.45) is 0 Å². The fraction of sp³-hybridized carbons (Fsp3) is 0.250. The highest BCUT2D eigenvalue weighted by atomic mass is 19.4. The predicted molar refractivity (Wildman–Crippen MR) is 56.2 cm³/mol. The first kappa shape index (κ1) is 10.9. The van der Waals surface area contributed by atoms with Crippen molar-refractivity contribution in [2.45, 2.75) is 20.0 Å². The van der Waals surface area contributed by atoms with Gasteiger partial charge in [-0.2, -0.15) is 13.2 Å². The molecule has 0 aliphatic carbocycles. The molecule has 2 rings (SSSR count). The minimum absolute atomic E-state index is 0.200. The first-order valence-electron chi connectivity index (χ1n) is 4.84. The second-order valence-electron chi connectivity index (χ2n) is 3.73. The van der Waals surface area contributed by atoms with Gasteiger partial charge in [0, 0.05) is 5.39 Å². The van der Waals surface area contributed by atoms with Crippen LogP contribution in [0.25, 0.3) is 10.9 Å². The zero-order valence-electron chi connectivity index (χ0n) is 8.89. The fourth-order valence-corrected chi connectivity index (χ4v) is 1.75. The van der Waals surface area contributed by atoms with Crippen LogP contribution in [0.5, 0.6) is 0 Å². The number of para-hydroxylation sites is 1. The van der Waals surface area contributed by atoms with E-state index in [0.29, 0.717) is 11.1 Å². The highest BCUT2D eigenvalue weighted by Gasteiger charge is 2.35. The highest BCUT2D eigenvalue weighted by molar-refractivity contribution is 5.83. The van der Waals surface area contributed by atoms with Gasteiger partial charge in [-0.15, -0.1) is 0 Å². The lowest BCUT2D eigenvalue weighted by Gasteiger charge is -2.13. The van der Waals surface area contributed by atoms with Crippen molar-refractivity contribution >= 4 is 10.9 Å². The number of aromatic nitrogens is 1. The van der Waals surface area contributed by atoms with E-state index in [1.54, 1.807) is 31.2 Å². The Labute approximate surface area is 90.9 Å². The van der Waals surface area contributed by atoms with Crippen LogP contribution in [0.3, 0.4) is 0 Å². The van der Waals surface area contributed by atoms with E-state index in [9.17, 15) is 13.2 Å². The largest absolute Gasteiger partial charge is 0.433 e. The van der Waals surface area contributed by atoms with Crippen molar-refractivity contribution in [1.29, 1.82) is 0 Å². The van der Waals surface area contributed by atoms with Crippen molar-refractivity contribution < 1.29 is 13.2 Å². The lowest BCUT2D eigenvalue weighted by atomic mass is 10.0. The summed E-state index contributed by atoms with van der Waals surface area (Å²) < 4.78 is 38.1. The number of fused-ring (bicyclic) bond motifs is 1. The molecule has 0 bridgehead atoms. The molecule has 0 fully saturated rings. The maximum Gasteiger partial charge on any atom is 0.433 e. The molecule has 0 aliphatic rings. The van der Waals surface area contributed by atoms with E-state index in [0.717, 1.165) is 5.39 Å². The molecule has 0 radical (unpaired) electrons. The Kier molecular flexibility index (Phi) is 2.37. The third kappa shape index (κ3) is 1.64. The van der Waals surface area contributed by atoms with Gasteiger partial charge in [0.15, 0.2) is 0 Å². The first-order valence-corrected chi connectivity index (χ1v) is 4.84. The van der Waals surface area contributed by atoms with Crippen LogP contribution < -0.4 is 0 Å². The summed E-state index contributed by atoms with van der Waals surface area (Å²) in [5.74, 6) is 0. The number of halogens is 3. The van der Waals surface area contributed by atoms with Gasteiger partial charge in [-0.25, -0.2) is 4.98 Å². The number of hydrogen-bond donors (Lipinski definition) is 0. The van der Waals surface area contributed by atoms with Gasteiger partial charge < -0.3 is 0 Å². The van der Waals surface area contributed by atoms with E-state index in [-0.39, 0.29) is 5.56 Å². The topological polar surface area (TPSA) is 12.9 Å². The summed E-state index contributed by atoms with van der Waals surface area (Å²) in [5.41, 5.74) is 0.436. The molecule has 0 atom stereocenters. The van der Waals surface area contributed by atoms with E-state index < -0.39 is 11.9 Å². The Morgan fingerprint density at radius 3 is 2.25 bits per heavy atom. The van der Waals surface area contributed by atoms with Gasteiger partial charge >= 0.3 is 6.18 Å². The summed E-state index contributed by atoms with van der Waals surface area (Å²) in [7, 11) is 0. The van der Waals surface area contributed by atoms with Crippen LogP contribution >= 0.6 is 0 Å². The van der Waals surface area contributed by atoms with E-state index in [1.807, 2.05) is 0 Å². The van der Waals surface area contributed by atoms with E-state index in [1.165, 1.54) is 6.92 Å². The molecule has 0 N–H and O–H groups in total. The second kappa shape index (κ2) is 3.47. The maximum atomic E-state index is 12.7. The fourth-order valence-electron chi connectivity index (χ4n) is 1.75. The van der Waals surface area contributed by atoms with Crippen LogP contribution in [-0.4, -0.2) is 4.98 Å². The molecule has 1 nitrogen and oxygen atoms in total. The minimum atomic E-state index is -4.39. The Bertz CT molecular complexity index is 544. The molecule has 0 aliphatic heterocycles. The molecular formula is C12H10F3N. The molecule has 0 saturated carbocycles. The zero-order valence-corrected chi connectivity index (χ0v) is 8.89. The van der Waals surface area contributed by atoms with Crippen molar-refractivity contribution in [2.75, 3.05) is 0 Å². The summed E-state index contributed by atoms with van der Waals surface area (Å²) >= 11 is 0. The average Bonchev–Trinajstić information content (AvgIpc) is 2.22. The third-order valence-corrected chi connectivity index (χ3v) is 2.73. The third-order valence-electron chi connectivity index (χ3n) is 2.73. The molecule has 2 aromatic rings. The summed E-state index contributed by atoms with van der Waals surface area (Å²) in [6.45, 7) is 3.15. The van der Waals surface area contributed by atoms with Crippen LogP contribution in [0, 0.1) is 13.8 Å².